The molecule has 0 amide bonds. The summed E-state index contributed by atoms with van der Waals surface area (Å²) in [6, 6.07) is 0. The Morgan fingerprint density at radius 3 is 2.75 bits per heavy atom. The molecule has 16 heavy (non-hydrogen) atoms. The molecule has 0 spiro atoms. The van der Waals surface area contributed by atoms with E-state index in [2.05, 4.69) is 23.9 Å². The maximum Gasteiger partial charge on any atom is 0.152 e. The molecule has 0 unspecified atom stereocenters. The van der Waals surface area contributed by atoms with E-state index in [0.29, 0.717) is 19.1 Å². The van der Waals surface area contributed by atoms with Gasteiger partial charge in [0.05, 0.1) is 6.61 Å². The lowest BCUT2D eigenvalue weighted by atomic mass is 10.1. The second kappa shape index (κ2) is 5.41. The minimum Gasteiger partial charge on any atom is -0.372 e. The van der Waals surface area contributed by atoms with Crippen LogP contribution in [0.15, 0.2) is 6.33 Å². The maximum absolute atomic E-state index is 5.83. The SMILES string of the molecule is CC(C)Cn1ncnc1COCC(C)(C)N. The lowest BCUT2D eigenvalue weighted by Crippen LogP contribution is -2.37. The molecule has 0 aromatic carbocycles. The molecule has 0 atom stereocenters. The quantitative estimate of drug-likeness (QED) is 0.791. The first-order valence-corrected chi connectivity index (χ1v) is 5.62. The molecule has 1 heterocycles. The van der Waals surface area contributed by atoms with Gasteiger partial charge in [0.2, 0.25) is 0 Å². The molecule has 2 N–H and O–H groups in total. The average Bonchev–Trinajstić information content (AvgIpc) is 2.49. The fourth-order valence-electron chi connectivity index (χ4n) is 1.30. The minimum absolute atomic E-state index is 0.303. The molecule has 0 aliphatic heterocycles. The van der Waals surface area contributed by atoms with E-state index < -0.39 is 0 Å². The zero-order valence-electron chi connectivity index (χ0n) is 10.6. The van der Waals surface area contributed by atoms with Gasteiger partial charge in [-0.15, -0.1) is 0 Å². The number of nitrogens with two attached hydrogens (primary N) is 1. The first-order chi connectivity index (χ1) is 7.38. The molecule has 0 radical (unpaired) electrons. The van der Waals surface area contributed by atoms with Crippen LogP contribution in [0.25, 0.3) is 0 Å². The molecule has 0 saturated heterocycles. The monoisotopic (exact) mass is 226 g/mol. The summed E-state index contributed by atoms with van der Waals surface area (Å²) in [7, 11) is 0. The van der Waals surface area contributed by atoms with Crippen molar-refractivity contribution >= 4 is 0 Å². The van der Waals surface area contributed by atoms with E-state index in [1.54, 1.807) is 6.33 Å². The molecule has 0 bridgehead atoms. The third kappa shape index (κ3) is 4.72. The van der Waals surface area contributed by atoms with Crippen molar-refractivity contribution in [1.29, 1.82) is 0 Å². The van der Waals surface area contributed by atoms with E-state index in [1.165, 1.54) is 0 Å². The van der Waals surface area contributed by atoms with E-state index in [1.807, 2.05) is 18.5 Å². The van der Waals surface area contributed by atoms with Gasteiger partial charge in [-0.3, -0.25) is 0 Å². The molecule has 0 aliphatic carbocycles. The van der Waals surface area contributed by atoms with E-state index in [-0.39, 0.29) is 5.54 Å². The van der Waals surface area contributed by atoms with Crippen molar-refractivity contribution in [3.05, 3.63) is 12.2 Å². The van der Waals surface area contributed by atoms with Crippen molar-refractivity contribution in [2.45, 2.75) is 46.4 Å². The predicted molar refractivity (Wildman–Crippen MR) is 62.8 cm³/mol. The van der Waals surface area contributed by atoms with Crippen LogP contribution in [-0.4, -0.2) is 26.9 Å². The molecule has 1 rings (SSSR count). The molecule has 1 aromatic rings. The fourth-order valence-corrected chi connectivity index (χ4v) is 1.30. The van der Waals surface area contributed by atoms with Gasteiger partial charge in [0.25, 0.3) is 0 Å². The predicted octanol–water partition coefficient (Wildman–Crippen LogP) is 1.19. The van der Waals surface area contributed by atoms with Gasteiger partial charge in [-0.1, -0.05) is 13.8 Å². The Balaban J connectivity index is 2.45. The molecule has 5 heteroatoms. The van der Waals surface area contributed by atoms with Gasteiger partial charge in [0.1, 0.15) is 12.9 Å². The summed E-state index contributed by atoms with van der Waals surface area (Å²) in [5.41, 5.74) is 5.52. The van der Waals surface area contributed by atoms with Crippen LogP contribution in [0.5, 0.6) is 0 Å². The molecule has 0 aliphatic rings. The van der Waals surface area contributed by atoms with E-state index in [4.69, 9.17) is 10.5 Å². The van der Waals surface area contributed by atoms with E-state index in [0.717, 1.165) is 12.4 Å². The Bertz CT molecular complexity index is 314. The summed E-state index contributed by atoms with van der Waals surface area (Å²) in [5, 5.41) is 4.17. The molecule has 0 fully saturated rings. The minimum atomic E-state index is -0.303. The van der Waals surface area contributed by atoms with Gasteiger partial charge in [-0.2, -0.15) is 5.10 Å². The van der Waals surface area contributed by atoms with Crippen LogP contribution in [-0.2, 0) is 17.9 Å². The van der Waals surface area contributed by atoms with Crippen LogP contribution in [0.2, 0.25) is 0 Å². The topological polar surface area (TPSA) is 66.0 Å². The number of hydrogen-bond acceptors (Lipinski definition) is 4. The number of rotatable bonds is 6. The Labute approximate surface area is 97.0 Å². The highest BCUT2D eigenvalue weighted by atomic mass is 16.5. The summed E-state index contributed by atoms with van der Waals surface area (Å²) in [6.45, 7) is 10.0. The van der Waals surface area contributed by atoms with Crippen molar-refractivity contribution in [3.63, 3.8) is 0 Å². The summed E-state index contributed by atoms with van der Waals surface area (Å²) < 4.78 is 7.40. The number of hydrogen-bond donors (Lipinski definition) is 1. The third-order valence-corrected chi connectivity index (χ3v) is 1.94. The zero-order chi connectivity index (χ0) is 12.2. The van der Waals surface area contributed by atoms with Crippen LogP contribution < -0.4 is 5.73 Å². The zero-order valence-corrected chi connectivity index (χ0v) is 10.6. The van der Waals surface area contributed by atoms with Gasteiger partial charge in [-0.25, -0.2) is 9.67 Å². The standard InChI is InChI=1S/C11H22N4O/c1-9(2)5-15-10(13-8-14-15)6-16-7-11(3,4)12/h8-9H,5-7,12H2,1-4H3. The molecule has 0 saturated carbocycles. The van der Waals surface area contributed by atoms with Crippen LogP contribution in [0.4, 0.5) is 0 Å². The summed E-state index contributed by atoms with van der Waals surface area (Å²) in [4.78, 5) is 4.17. The lowest BCUT2D eigenvalue weighted by molar-refractivity contribution is 0.0778. The number of ether oxygens (including phenoxy) is 1. The molecule has 92 valence electrons. The fraction of sp³-hybridized carbons (Fsp3) is 0.818. The van der Waals surface area contributed by atoms with Gasteiger partial charge in [0.15, 0.2) is 5.82 Å². The molecule has 5 nitrogen and oxygen atoms in total. The third-order valence-electron chi connectivity index (χ3n) is 1.94. The van der Waals surface area contributed by atoms with E-state index >= 15 is 0 Å². The lowest BCUT2D eigenvalue weighted by Gasteiger charge is -2.18. The Kier molecular flexibility index (Phi) is 4.44. The van der Waals surface area contributed by atoms with Gasteiger partial charge in [-0.05, 0) is 19.8 Å². The van der Waals surface area contributed by atoms with Gasteiger partial charge < -0.3 is 10.5 Å². The smallest absolute Gasteiger partial charge is 0.152 e. The summed E-state index contributed by atoms with van der Waals surface area (Å²) in [6.07, 6.45) is 1.56. The largest absolute Gasteiger partial charge is 0.372 e. The maximum atomic E-state index is 5.83. The first-order valence-electron chi connectivity index (χ1n) is 5.62. The van der Waals surface area contributed by atoms with Crippen molar-refractivity contribution in [3.8, 4) is 0 Å². The second-order valence-corrected chi connectivity index (χ2v) is 5.23. The van der Waals surface area contributed by atoms with Crippen LogP contribution in [0, 0.1) is 5.92 Å². The highest BCUT2D eigenvalue weighted by Crippen LogP contribution is 2.04. The normalized spacial score (nSPS) is 12.4. The van der Waals surface area contributed by atoms with Crippen molar-refractivity contribution in [2.24, 2.45) is 11.7 Å². The first kappa shape index (κ1) is 13.1. The van der Waals surface area contributed by atoms with Gasteiger partial charge in [0, 0.05) is 12.1 Å². The summed E-state index contributed by atoms with van der Waals surface area (Å²) >= 11 is 0. The number of nitrogens with zero attached hydrogens (tertiary/aromatic N) is 3. The number of aromatic nitrogens is 3. The van der Waals surface area contributed by atoms with Gasteiger partial charge >= 0.3 is 0 Å². The summed E-state index contributed by atoms with van der Waals surface area (Å²) in [5.74, 6) is 1.41. The van der Waals surface area contributed by atoms with Crippen LogP contribution >= 0.6 is 0 Å². The average molecular weight is 226 g/mol. The highest BCUT2D eigenvalue weighted by molar-refractivity contribution is 4.82. The molecular formula is C11H22N4O. The van der Waals surface area contributed by atoms with Crippen molar-refractivity contribution in [2.75, 3.05) is 6.61 Å². The van der Waals surface area contributed by atoms with E-state index in [9.17, 15) is 0 Å². The molecular weight excluding hydrogens is 204 g/mol. The Morgan fingerprint density at radius 1 is 1.50 bits per heavy atom. The van der Waals surface area contributed by atoms with Crippen LogP contribution in [0.1, 0.15) is 33.5 Å². The molecule has 1 aromatic heterocycles. The second-order valence-electron chi connectivity index (χ2n) is 5.23. The Hall–Kier alpha value is -0.940. The highest BCUT2D eigenvalue weighted by Gasteiger charge is 2.12. The Morgan fingerprint density at radius 2 is 2.19 bits per heavy atom. The van der Waals surface area contributed by atoms with Crippen molar-refractivity contribution in [1.82, 2.24) is 14.8 Å². The van der Waals surface area contributed by atoms with Crippen molar-refractivity contribution < 1.29 is 4.74 Å². The van der Waals surface area contributed by atoms with Crippen LogP contribution in [0.3, 0.4) is 0 Å².